The highest BCUT2D eigenvalue weighted by molar-refractivity contribution is 6.30. The maximum Gasteiger partial charge on any atom is 0.166 e. The van der Waals surface area contributed by atoms with Crippen molar-refractivity contribution in [3.05, 3.63) is 22.7 Å². The van der Waals surface area contributed by atoms with Crippen molar-refractivity contribution in [3.8, 4) is 11.5 Å². The van der Waals surface area contributed by atoms with Crippen molar-refractivity contribution in [2.45, 2.75) is 51.7 Å². The molecule has 112 valence electrons. The summed E-state index contributed by atoms with van der Waals surface area (Å²) in [4.78, 5) is 0. The highest BCUT2D eigenvalue weighted by Crippen LogP contribution is 2.37. The first-order valence-electron chi connectivity index (χ1n) is 7.48. The second kappa shape index (κ2) is 7.75. The fourth-order valence-corrected chi connectivity index (χ4v) is 2.88. The second-order valence-electron chi connectivity index (χ2n) is 5.25. The maximum absolute atomic E-state index is 6.24. The van der Waals surface area contributed by atoms with Crippen LogP contribution < -0.4 is 14.8 Å². The summed E-state index contributed by atoms with van der Waals surface area (Å²) >= 11 is 6.16. The summed E-state index contributed by atoms with van der Waals surface area (Å²) in [7, 11) is 1.66. The van der Waals surface area contributed by atoms with Gasteiger partial charge in [-0.1, -0.05) is 24.9 Å². The fourth-order valence-electron chi connectivity index (χ4n) is 2.65. The number of methoxy groups -OCH3 is 1. The van der Waals surface area contributed by atoms with Crippen molar-refractivity contribution < 1.29 is 9.47 Å². The first kappa shape index (κ1) is 15.5. The monoisotopic (exact) mass is 297 g/mol. The number of rotatable bonds is 6. The lowest BCUT2D eigenvalue weighted by Crippen LogP contribution is -2.21. The number of hydrogen-bond donors (Lipinski definition) is 1. The van der Waals surface area contributed by atoms with Gasteiger partial charge in [0.05, 0.1) is 13.2 Å². The molecular weight excluding hydrogens is 274 g/mol. The molecule has 1 saturated carbocycles. The van der Waals surface area contributed by atoms with Gasteiger partial charge in [-0.15, -0.1) is 0 Å². The van der Waals surface area contributed by atoms with E-state index in [2.05, 4.69) is 12.2 Å². The molecule has 0 aromatic heterocycles. The van der Waals surface area contributed by atoms with Gasteiger partial charge in [-0.2, -0.15) is 0 Å². The Hall–Kier alpha value is -0.930. The van der Waals surface area contributed by atoms with E-state index in [9.17, 15) is 0 Å². The SMILES string of the molecule is CCNCc1cc(Cl)cc(OC)c1OC1CCCCC1. The van der Waals surface area contributed by atoms with Crippen LogP contribution in [0, 0.1) is 0 Å². The Bertz CT molecular complexity index is 431. The highest BCUT2D eigenvalue weighted by Gasteiger charge is 2.20. The number of benzene rings is 1. The van der Waals surface area contributed by atoms with Gasteiger partial charge in [0.25, 0.3) is 0 Å². The molecule has 0 heterocycles. The zero-order valence-electron chi connectivity index (χ0n) is 12.4. The molecule has 1 fully saturated rings. The molecule has 0 aliphatic heterocycles. The summed E-state index contributed by atoms with van der Waals surface area (Å²) in [5.74, 6) is 1.58. The molecule has 1 aliphatic rings. The third kappa shape index (κ3) is 4.03. The quantitative estimate of drug-likeness (QED) is 0.855. The largest absolute Gasteiger partial charge is 0.493 e. The van der Waals surface area contributed by atoms with Gasteiger partial charge >= 0.3 is 0 Å². The number of hydrogen-bond acceptors (Lipinski definition) is 3. The predicted molar refractivity (Wildman–Crippen MR) is 82.9 cm³/mol. The van der Waals surface area contributed by atoms with E-state index in [1.54, 1.807) is 7.11 Å². The molecule has 0 unspecified atom stereocenters. The summed E-state index contributed by atoms with van der Waals surface area (Å²) in [6.07, 6.45) is 6.40. The van der Waals surface area contributed by atoms with Gasteiger partial charge < -0.3 is 14.8 Å². The Balaban J connectivity index is 2.21. The summed E-state index contributed by atoms with van der Waals surface area (Å²) in [6.45, 7) is 3.75. The molecule has 0 radical (unpaired) electrons. The lowest BCUT2D eigenvalue weighted by molar-refractivity contribution is 0.148. The number of ether oxygens (including phenoxy) is 2. The molecule has 0 bridgehead atoms. The molecule has 20 heavy (non-hydrogen) atoms. The van der Waals surface area contributed by atoms with Crippen molar-refractivity contribution in [1.29, 1.82) is 0 Å². The van der Waals surface area contributed by atoms with E-state index in [0.29, 0.717) is 11.1 Å². The second-order valence-corrected chi connectivity index (χ2v) is 5.69. The molecule has 0 amide bonds. The molecule has 0 saturated heterocycles. The normalized spacial score (nSPS) is 16.1. The maximum atomic E-state index is 6.24. The lowest BCUT2D eigenvalue weighted by atomic mass is 9.97. The van der Waals surface area contributed by atoms with Crippen LogP contribution in [0.15, 0.2) is 12.1 Å². The molecule has 1 aromatic carbocycles. The molecule has 1 N–H and O–H groups in total. The summed E-state index contributed by atoms with van der Waals surface area (Å²) < 4.78 is 11.7. The van der Waals surface area contributed by atoms with Gasteiger partial charge in [-0.05, 0) is 38.3 Å². The molecular formula is C16H24ClNO2. The summed E-state index contributed by atoms with van der Waals surface area (Å²) in [6, 6.07) is 3.79. The first-order chi connectivity index (χ1) is 9.74. The van der Waals surface area contributed by atoms with Gasteiger partial charge in [0.2, 0.25) is 0 Å². The van der Waals surface area contributed by atoms with Crippen molar-refractivity contribution >= 4 is 11.6 Å². The molecule has 2 rings (SSSR count). The lowest BCUT2D eigenvalue weighted by Gasteiger charge is -2.25. The zero-order valence-corrected chi connectivity index (χ0v) is 13.1. The van der Waals surface area contributed by atoms with Crippen LogP contribution in [0.3, 0.4) is 0 Å². The molecule has 1 aromatic rings. The van der Waals surface area contributed by atoms with Gasteiger partial charge in [0.1, 0.15) is 0 Å². The Morgan fingerprint density at radius 3 is 2.65 bits per heavy atom. The van der Waals surface area contributed by atoms with Crippen LogP contribution in [-0.2, 0) is 6.54 Å². The van der Waals surface area contributed by atoms with E-state index in [1.807, 2.05) is 12.1 Å². The van der Waals surface area contributed by atoms with E-state index >= 15 is 0 Å². The highest BCUT2D eigenvalue weighted by atomic mass is 35.5. The van der Waals surface area contributed by atoms with Gasteiger partial charge in [0.15, 0.2) is 11.5 Å². The Morgan fingerprint density at radius 1 is 1.25 bits per heavy atom. The van der Waals surface area contributed by atoms with E-state index in [-0.39, 0.29) is 0 Å². The van der Waals surface area contributed by atoms with Gasteiger partial charge in [-0.25, -0.2) is 0 Å². The topological polar surface area (TPSA) is 30.5 Å². The molecule has 3 nitrogen and oxygen atoms in total. The number of halogens is 1. The van der Waals surface area contributed by atoms with Gasteiger partial charge in [-0.3, -0.25) is 0 Å². The van der Waals surface area contributed by atoms with Crippen LogP contribution in [-0.4, -0.2) is 19.8 Å². The van der Waals surface area contributed by atoms with Gasteiger partial charge in [0, 0.05) is 23.2 Å². The van der Waals surface area contributed by atoms with E-state index in [0.717, 1.165) is 43.0 Å². The van der Waals surface area contributed by atoms with Crippen LogP contribution >= 0.6 is 11.6 Å². The van der Waals surface area contributed by atoms with Crippen LogP contribution in [0.25, 0.3) is 0 Å². The van der Waals surface area contributed by atoms with E-state index in [1.165, 1.54) is 19.3 Å². The predicted octanol–water partition coefficient (Wildman–Crippen LogP) is 4.17. The minimum Gasteiger partial charge on any atom is -0.493 e. The average Bonchev–Trinajstić information content (AvgIpc) is 2.48. The standard InChI is InChI=1S/C16H24ClNO2/c1-3-18-11-12-9-13(17)10-15(19-2)16(12)20-14-7-5-4-6-8-14/h9-10,14,18H,3-8,11H2,1-2H3. The molecule has 0 atom stereocenters. The van der Waals surface area contributed by atoms with Crippen LogP contribution in [0.2, 0.25) is 5.02 Å². The Morgan fingerprint density at radius 2 is 2.00 bits per heavy atom. The van der Waals surface area contributed by atoms with Crippen molar-refractivity contribution in [1.82, 2.24) is 5.32 Å². The molecule has 4 heteroatoms. The van der Waals surface area contributed by atoms with E-state index < -0.39 is 0 Å². The third-order valence-electron chi connectivity index (χ3n) is 3.72. The summed E-state index contributed by atoms with van der Waals surface area (Å²) in [5, 5.41) is 4.01. The van der Waals surface area contributed by atoms with Crippen LogP contribution in [0.4, 0.5) is 0 Å². The van der Waals surface area contributed by atoms with Crippen molar-refractivity contribution in [2.24, 2.45) is 0 Å². The minimum atomic E-state index is 0.305. The zero-order chi connectivity index (χ0) is 14.4. The van der Waals surface area contributed by atoms with Crippen LogP contribution in [0.1, 0.15) is 44.6 Å². The first-order valence-corrected chi connectivity index (χ1v) is 7.86. The molecule has 1 aliphatic carbocycles. The van der Waals surface area contributed by atoms with Crippen molar-refractivity contribution in [2.75, 3.05) is 13.7 Å². The smallest absolute Gasteiger partial charge is 0.166 e. The minimum absolute atomic E-state index is 0.305. The Labute approximate surface area is 126 Å². The average molecular weight is 298 g/mol. The summed E-state index contributed by atoms with van der Waals surface area (Å²) in [5.41, 5.74) is 1.07. The third-order valence-corrected chi connectivity index (χ3v) is 3.94. The van der Waals surface area contributed by atoms with Crippen LogP contribution in [0.5, 0.6) is 11.5 Å². The van der Waals surface area contributed by atoms with Crippen molar-refractivity contribution in [3.63, 3.8) is 0 Å². The molecule has 0 spiro atoms. The van der Waals surface area contributed by atoms with E-state index in [4.69, 9.17) is 21.1 Å². The number of nitrogens with one attached hydrogen (secondary N) is 1. The Kier molecular flexibility index (Phi) is 5.99. The fraction of sp³-hybridized carbons (Fsp3) is 0.625.